The molecule has 1 fully saturated rings. The molecule has 12 heteroatoms. The van der Waals surface area contributed by atoms with E-state index in [9.17, 15) is 14.3 Å². The Labute approximate surface area is 239 Å². The van der Waals surface area contributed by atoms with E-state index in [0.717, 1.165) is 11.5 Å². The van der Waals surface area contributed by atoms with E-state index in [0.29, 0.717) is 60.0 Å². The zero-order valence-corrected chi connectivity index (χ0v) is 22.3. The van der Waals surface area contributed by atoms with Crippen LogP contribution in [0.2, 0.25) is 0 Å². The number of anilines is 3. The first-order valence-corrected chi connectivity index (χ1v) is 13.2. The van der Waals surface area contributed by atoms with Crippen molar-refractivity contribution < 1.29 is 18.7 Å². The number of nitrogens with zero attached hydrogens (tertiary/aromatic N) is 6. The summed E-state index contributed by atoms with van der Waals surface area (Å²) in [6.07, 6.45) is 1.65. The van der Waals surface area contributed by atoms with Gasteiger partial charge >= 0.3 is 0 Å². The lowest BCUT2D eigenvalue weighted by Gasteiger charge is -2.36. The lowest BCUT2D eigenvalue weighted by molar-refractivity contribution is 0.0933. The highest BCUT2D eigenvalue weighted by molar-refractivity contribution is 5.96. The highest BCUT2D eigenvalue weighted by Gasteiger charge is 2.22. The summed E-state index contributed by atoms with van der Waals surface area (Å²) in [6.45, 7) is 2.74. The summed E-state index contributed by atoms with van der Waals surface area (Å²) in [7, 11) is 0. The van der Waals surface area contributed by atoms with Gasteiger partial charge < -0.3 is 30.4 Å². The molecule has 4 heterocycles. The number of amides is 1. The predicted molar refractivity (Wildman–Crippen MR) is 155 cm³/mol. The molecule has 1 aliphatic rings. The predicted octanol–water partition coefficient (Wildman–Crippen LogP) is 3.21. The molecule has 0 radical (unpaired) electrons. The number of furan rings is 1. The number of piperazine rings is 1. The van der Waals surface area contributed by atoms with Gasteiger partial charge in [-0.25, -0.2) is 14.4 Å². The van der Waals surface area contributed by atoms with Crippen LogP contribution in [0, 0.1) is 17.7 Å². The zero-order chi connectivity index (χ0) is 29.1. The standard InChI is InChI=1S/C30H25FN8O3/c31-20-8-7-19-16-26(42-25(19)17-20)30(41)34-10-3-6-27-33-11-9-28(35-27)39-14-12-38(13-15-39)23-18-22(36-37-29(23)32)21-4-1-2-5-24(21)40/h1-2,4-5,7-9,11,16-18,40H,10,12-15H2,(H2,32,37)(H,34,41). The normalized spacial score (nSPS) is 13.1. The van der Waals surface area contributed by atoms with Gasteiger partial charge in [-0.3, -0.25) is 4.79 Å². The molecule has 0 saturated carbocycles. The Balaban J connectivity index is 1.06. The number of hydrogen-bond donors (Lipinski definition) is 3. The molecule has 0 aliphatic carbocycles. The van der Waals surface area contributed by atoms with Gasteiger partial charge in [0.2, 0.25) is 5.82 Å². The van der Waals surface area contributed by atoms with E-state index in [2.05, 4.69) is 47.1 Å². The summed E-state index contributed by atoms with van der Waals surface area (Å²) in [5.41, 5.74) is 8.35. The molecule has 0 unspecified atom stereocenters. The van der Waals surface area contributed by atoms with Gasteiger partial charge in [0, 0.05) is 49.4 Å². The first-order chi connectivity index (χ1) is 20.4. The Bertz CT molecular complexity index is 1840. The highest BCUT2D eigenvalue weighted by atomic mass is 19.1. The second-order valence-corrected chi connectivity index (χ2v) is 9.51. The number of halogens is 1. The smallest absolute Gasteiger partial charge is 0.287 e. The quantitative estimate of drug-likeness (QED) is 0.272. The van der Waals surface area contributed by atoms with Gasteiger partial charge in [0.25, 0.3) is 5.91 Å². The van der Waals surface area contributed by atoms with Crippen LogP contribution in [-0.4, -0.2) is 63.9 Å². The van der Waals surface area contributed by atoms with Crippen LogP contribution in [0.25, 0.3) is 22.2 Å². The maximum atomic E-state index is 13.4. The minimum absolute atomic E-state index is 0.0562. The fraction of sp³-hybridized carbons (Fsp3) is 0.167. The van der Waals surface area contributed by atoms with Crippen molar-refractivity contribution in [3.05, 3.63) is 84.3 Å². The first-order valence-electron chi connectivity index (χ1n) is 13.2. The molecule has 0 atom stereocenters. The largest absolute Gasteiger partial charge is 0.507 e. The van der Waals surface area contributed by atoms with Crippen molar-refractivity contribution in [2.24, 2.45) is 0 Å². The molecule has 210 valence electrons. The van der Waals surface area contributed by atoms with Gasteiger partial charge in [0.15, 0.2) is 11.6 Å². The maximum Gasteiger partial charge on any atom is 0.287 e. The number of para-hydroxylation sites is 1. The molecule has 2 aromatic carbocycles. The molecule has 11 nitrogen and oxygen atoms in total. The SMILES string of the molecule is Nc1nnc(-c2ccccc2O)cc1N1CCN(c2ccnc(C#CCNC(=O)c3cc4ccc(F)cc4o3)n2)CC1. The number of carbonyl (C=O) groups excluding carboxylic acids is 1. The average molecular weight is 565 g/mol. The van der Waals surface area contributed by atoms with Crippen LogP contribution in [-0.2, 0) is 0 Å². The number of benzene rings is 2. The number of aromatic hydroxyl groups is 1. The molecule has 3 aromatic heterocycles. The van der Waals surface area contributed by atoms with E-state index in [4.69, 9.17) is 10.2 Å². The fourth-order valence-corrected chi connectivity index (χ4v) is 4.68. The number of phenolic OH excluding ortho intramolecular Hbond substituents is 1. The zero-order valence-electron chi connectivity index (χ0n) is 22.3. The van der Waals surface area contributed by atoms with E-state index in [1.807, 2.05) is 18.2 Å². The van der Waals surface area contributed by atoms with Gasteiger partial charge in [-0.05, 0) is 48.4 Å². The molecule has 42 heavy (non-hydrogen) atoms. The molecule has 5 aromatic rings. The van der Waals surface area contributed by atoms with Gasteiger partial charge in [-0.15, -0.1) is 10.2 Å². The third-order valence-corrected chi connectivity index (χ3v) is 6.81. The lowest BCUT2D eigenvalue weighted by Crippen LogP contribution is -2.47. The van der Waals surface area contributed by atoms with E-state index in [1.165, 1.54) is 12.1 Å². The Morgan fingerprint density at radius 3 is 2.69 bits per heavy atom. The lowest BCUT2D eigenvalue weighted by atomic mass is 10.1. The minimum Gasteiger partial charge on any atom is -0.507 e. The fourth-order valence-electron chi connectivity index (χ4n) is 4.68. The van der Waals surface area contributed by atoms with Crippen molar-refractivity contribution >= 4 is 34.2 Å². The number of nitrogens with one attached hydrogen (secondary N) is 1. The molecule has 0 bridgehead atoms. The summed E-state index contributed by atoms with van der Waals surface area (Å²) in [5.74, 6) is 6.44. The highest BCUT2D eigenvalue weighted by Crippen LogP contribution is 2.32. The maximum absolute atomic E-state index is 13.4. The number of aromatic nitrogens is 4. The Hall–Kier alpha value is -5.70. The van der Waals surface area contributed by atoms with Crippen molar-refractivity contribution in [3.63, 3.8) is 0 Å². The molecular weight excluding hydrogens is 539 g/mol. The van der Waals surface area contributed by atoms with Crippen LogP contribution < -0.4 is 20.9 Å². The van der Waals surface area contributed by atoms with E-state index in [1.54, 1.807) is 36.5 Å². The van der Waals surface area contributed by atoms with Crippen molar-refractivity contribution in [2.75, 3.05) is 48.3 Å². The number of fused-ring (bicyclic) bond motifs is 1. The first kappa shape index (κ1) is 26.5. The number of nitrogens with two attached hydrogens (primary N) is 1. The average Bonchev–Trinajstić information content (AvgIpc) is 3.44. The van der Waals surface area contributed by atoms with Crippen LogP contribution in [0.4, 0.5) is 21.7 Å². The molecule has 1 amide bonds. The minimum atomic E-state index is -0.453. The summed E-state index contributed by atoms with van der Waals surface area (Å²) in [6, 6.07) is 16.3. The van der Waals surface area contributed by atoms with Gasteiger partial charge in [-0.2, -0.15) is 0 Å². The van der Waals surface area contributed by atoms with Gasteiger partial charge in [-0.1, -0.05) is 18.1 Å². The molecule has 0 spiro atoms. The van der Waals surface area contributed by atoms with Crippen molar-refractivity contribution in [2.45, 2.75) is 0 Å². The van der Waals surface area contributed by atoms with E-state index in [-0.39, 0.29) is 18.1 Å². The van der Waals surface area contributed by atoms with Crippen molar-refractivity contribution in [1.82, 2.24) is 25.5 Å². The van der Waals surface area contributed by atoms with Crippen LogP contribution in [0.5, 0.6) is 5.75 Å². The molecule has 1 aliphatic heterocycles. The molecular formula is C30H25FN8O3. The molecule has 4 N–H and O–H groups in total. The van der Waals surface area contributed by atoms with Gasteiger partial charge in [0.05, 0.1) is 17.9 Å². The van der Waals surface area contributed by atoms with Crippen LogP contribution >= 0.6 is 0 Å². The van der Waals surface area contributed by atoms with E-state index >= 15 is 0 Å². The van der Waals surface area contributed by atoms with Crippen LogP contribution in [0.1, 0.15) is 16.4 Å². The summed E-state index contributed by atoms with van der Waals surface area (Å²) < 4.78 is 18.8. The summed E-state index contributed by atoms with van der Waals surface area (Å²) >= 11 is 0. The van der Waals surface area contributed by atoms with E-state index < -0.39 is 11.7 Å². The Morgan fingerprint density at radius 1 is 1.05 bits per heavy atom. The summed E-state index contributed by atoms with van der Waals surface area (Å²) in [5, 5.41) is 21.8. The second-order valence-electron chi connectivity index (χ2n) is 9.51. The Morgan fingerprint density at radius 2 is 1.86 bits per heavy atom. The van der Waals surface area contributed by atoms with Crippen molar-refractivity contribution in [1.29, 1.82) is 0 Å². The van der Waals surface area contributed by atoms with Crippen LogP contribution in [0.15, 0.2) is 71.3 Å². The molecule has 1 saturated heterocycles. The number of phenols is 1. The van der Waals surface area contributed by atoms with Crippen LogP contribution in [0.3, 0.4) is 0 Å². The number of rotatable bonds is 5. The number of nitrogen functional groups attached to an aromatic ring is 1. The molecule has 6 rings (SSSR count). The third-order valence-electron chi connectivity index (χ3n) is 6.81. The number of carbonyl (C=O) groups is 1. The number of hydrogen-bond acceptors (Lipinski definition) is 10. The second kappa shape index (κ2) is 11.4. The topological polar surface area (TPSA) is 147 Å². The Kier molecular flexibility index (Phi) is 7.21. The van der Waals surface area contributed by atoms with Crippen molar-refractivity contribution in [3.8, 4) is 28.8 Å². The summed E-state index contributed by atoms with van der Waals surface area (Å²) in [4.78, 5) is 25.4. The monoisotopic (exact) mass is 564 g/mol. The van der Waals surface area contributed by atoms with Gasteiger partial charge in [0.1, 0.15) is 23.0 Å². The third kappa shape index (κ3) is 5.62.